The first kappa shape index (κ1) is 36.0. The van der Waals surface area contributed by atoms with Crippen molar-refractivity contribution in [1.82, 2.24) is 15.2 Å². The van der Waals surface area contributed by atoms with Gasteiger partial charge in [-0.25, -0.2) is 14.3 Å². The third-order valence-electron chi connectivity index (χ3n) is 5.32. The van der Waals surface area contributed by atoms with Gasteiger partial charge in [0.15, 0.2) is 5.57 Å². The number of anilines is 1. The molecule has 0 atom stereocenters. The summed E-state index contributed by atoms with van der Waals surface area (Å²) in [4.78, 5) is 22.5. The SMILES string of the molecule is CCO/C=C(\C#N)C(=O)OCC.CCOC(=O)c1cnn(Cc2ccc(OC)cc2)c1N.COc1ccc(CNN)cc1. The van der Waals surface area contributed by atoms with E-state index in [1.165, 1.54) is 6.20 Å². The summed E-state index contributed by atoms with van der Waals surface area (Å²) in [7, 11) is 3.27. The Bertz CT molecular complexity index is 1320. The normalized spacial score (nSPS) is 10.1. The molecule has 0 saturated heterocycles. The van der Waals surface area contributed by atoms with Gasteiger partial charge >= 0.3 is 11.9 Å². The van der Waals surface area contributed by atoms with Crippen LogP contribution in [0.25, 0.3) is 0 Å². The summed E-state index contributed by atoms with van der Waals surface area (Å²) in [6.45, 7) is 7.33. The molecular formula is C30H40N6O7. The predicted molar refractivity (Wildman–Crippen MR) is 161 cm³/mol. The van der Waals surface area contributed by atoms with Crippen LogP contribution in [0, 0.1) is 11.3 Å². The quantitative estimate of drug-likeness (QED) is 0.0692. The van der Waals surface area contributed by atoms with Crippen molar-refractivity contribution < 1.29 is 33.3 Å². The monoisotopic (exact) mass is 596 g/mol. The molecule has 13 nitrogen and oxygen atoms in total. The fraction of sp³-hybridized carbons (Fsp3) is 0.333. The Hall–Kier alpha value is -5.06. The number of aromatic nitrogens is 2. The number of methoxy groups -OCH3 is 2. The Morgan fingerprint density at radius 3 is 1.95 bits per heavy atom. The van der Waals surface area contributed by atoms with Crippen LogP contribution >= 0.6 is 0 Å². The lowest BCUT2D eigenvalue weighted by Gasteiger charge is -2.06. The summed E-state index contributed by atoms with van der Waals surface area (Å²) in [5.41, 5.74) is 10.8. The molecule has 13 heteroatoms. The van der Waals surface area contributed by atoms with Gasteiger partial charge < -0.3 is 29.4 Å². The highest BCUT2D eigenvalue weighted by Gasteiger charge is 2.16. The average Bonchev–Trinajstić information content (AvgIpc) is 3.39. The number of nitrogens with two attached hydrogens (primary N) is 2. The van der Waals surface area contributed by atoms with E-state index in [9.17, 15) is 9.59 Å². The van der Waals surface area contributed by atoms with Gasteiger partial charge in [0.2, 0.25) is 0 Å². The molecular weight excluding hydrogens is 556 g/mol. The molecule has 5 N–H and O–H groups in total. The van der Waals surface area contributed by atoms with Gasteiger partial charge in [-0.2, -0.15) is 10.4 Å². The van der Waals surface area contributed by atoms with E-state index < -0.39 is 11.9 Å². The van der Waals surface area contributed by atoms with E-state index in [4.69, 9.17) is 35.8 Å². The van der Waals surface area contributed by atoms with Crippen LogP contribution in [0.3, 0.4) is 0 Å². The van der Waals surface area contributed by atoms with Crippen LogP contribution in [0.4, 0.5) is 5.82 Å². The third-order valence-corrected chi connectivity index (χ3v) is 5.32. The van der Waals surface area contributed by atoms with Gasteiger partial charge in [0.25, 0.3) is 0 Å². The molecule has 0 amide bonds. The molecule has 0 aliphatic carbocycles. The number of hydrazine groups is 1. The summed E-state index contributed by atoms with van der Waals surface area (Å²) in [5, 5.41) is 12.6. The first-order valence-electron chi connectivity index (χ1n) is 13.3. The smallest absolute Gasteiger partial charge is 0.352 e. The zero-order valence-corrected chi connectivity index (χ0v) is 25.2. The summed E-state index contributed by atoms with van der Waals surface area (Å²) >= 11 is 0. The average molecular weight is 597 g/mol. The first-order valence-corrected chi connectivity index (χ1v) is 13.3. The number of ether oxygens (including phenoxy) is 5. The molecule has 0 aliphatic rings. The number of nitriles is 1. The number of nitrogen functional groups attached to an aromatic ring is 1. The number of hydrogen-bond acceptors (Lipinski definition) is 12. The van der Waals surface area contributed by atoms with Gasteiger partial charge in [0.05, 0.1) is 46.8 Å². The fourth-order valence-electron chi connectivity index (χ4n) is 3.15. The number of nitrogens with zero attached hydrogens (tertiary/aromatic N) is 3. The molecule has 1 heterocycles. The standard InChI is InChI=1S/C14H17N3O3.C8H12N2O.C8H11NO3/c1-3-20-14(18)12-8-16-17(13(12)15)9-10-4-6-11(19-2)7-5-10;1-11-8-4-2-7(3-5-8)6-10-9;1-3-11-6-7(5-9)8(10)12-4-2/h4-8H,3,9,15H2,1-2H3;2-5,10H,6,9H2,1H3;6H,3-4H2,1-2H3/b;;7-6+. The second-order valence-electron chi connectivity index (χ2n) is 8.22. The maximum absolute atomic E-state index is 11.6. The van der Waals surface area contributed by atoms with Crippen LogP contribution in [0.2, 0.25) is 0 Å². The number of carbonyl (C=O) groups is 2. The van der Waals surface area contributed by atoms with Gasteiger partial charge in [-0.15, -0.1) is 0 Å². The van der Waals surface area contributed by atoms with Gasteiger partial charge in [-0.05, 0) is 56.2 Å². The molecule has 1 aromatic heterocycles. The van der Waals surface area contributed by atoms with Crippen LogP contribution in [0.5, 0.6) is 11.5 Å². The lowest BCUT2D eigenvalue weighted by molar-refractivity contribution is -0.138. The highest BCUT2D eigenvalue weighted by Crippen LogP contribution is 2.17. The molecule has 232 valence electrons. The molecule has 3 aromatic rings. The topological polar surface area (TPSA) is 186 Å². The Labute approximate surface area is 251 Å². The largest absolute Gasteiger partial charge is 0.500 e. The third kappa shape index (κ3) is 13.0. The molecule has 0 saturated carbocycles. The van der Waals surface area contributed by atoms with Gasteiger partial charge in [0, 0.05) is 6.54 Å². The highest BCUT2D eigenvalue weighted by atomic mass is 16.5. The Kier molecular flexibility index (Phi) is 17.4. The van der Waals surface area contributed by atoms with Gasteiger partial charge in [-0.3, -0.25) is 11.3 Å². The van der Waals surface area contributed by atoms with E-state index in [1.807, 2.05) is 48.5 Å². The minimum absolute atomic E-state index is 0.112. The number of esters is 2. The maximum atomic E-state index is 11.6. The number of nitrogens with one attached hydrogen (secondary N) is 1. The Morgan fingerprint density at radius 1 is 0.930 bits per heavy atom. The van der Waals surface area contributed by atoms with E-state index in [0.29, 0.717) is 37.7 Å². The van der Waals surface area contributed by atoms with Crippen LogP contribution in [0.1, 0.15) is 42.3 Å². The molecule has 2 aromatic carbocycles. The lowest BCUT2D eigenvalue weighted by atomic mass is 10.2. The number of carbonyl (C=O) groups excluding carboxylic acids is 2. The summed E-state index contributed by atoms with van der Waals surface area (Å²) in [6.07, 6.45) is 2.54. The van der Waals surface area contributed by atoms with Crippen molar-refractivity contribution in [3.8, 4) is 17.6 Å². The van der Waals surface area contributed by atoms with Crippen LogP contribution in [-0.4, -0.2) is 55.8 Å². The van der Waals surface area contributed by atoms with Gasteiger partial charge in [0.1, 0.15) is 35.2 Å². The molecule has 0 spiro atoms. The lowest BCUT2D eigenvalue weighted by Crippen LogP contribution is -2.20. The minimum Gasteiger partial charge on any atom is -0.500 e. The molecule has 0 fully saturated rings. The number of hydrogen-bond donors (Lipinski definition) is 3. The Balaban J connectivity index is 0.000000347. The summed E-state index contributed by atoms with van der Waals surface area (Å²) in [5.74, 6) is 6.01. The maximum Gasteiger partial charge on any atom is 0.352 e. The summed E-state index contributed by atoms with van der Waals surface area (Å²) < 4.78 is 25.9. The molecule has 0 radical (unpaired) electrons. The molecule has 3 rings (SSSR count). The second-order valence-corrected chi connectivity index (χ2v) is 8.22. The minimum atomic E-state index is -0.645. The molecule has 0 unspecified atom stereocenters. The first-order chi connectivity index (χ1) is 20.8. The van der Waals surface area contributed by atoms with Crippen molar-refractivity contribution in [2.45, 2.75) is 33.9 Å². The van der Waals surface area contributed by atoms with Crippen LogP contribution in [-0.2, 0) is 32.1 Å². The van der Waals surface area contributed by atoms with Crippen molar-refractivity contribution in [2.24, 2.45) is 5.84 Å². The Morgan fingerprint density at radius 2 is 1.49 bits per heavy atom. The van der Waals surface area contributed by atoms with E-state index in [2.05, 4.69) is 15.3 Å². The highest BCUT2D eigenvalue weighted by molar-refractivity contribution is 5.94. The molecule has 43 heavy (non-hydrogen) atoms. The van der Waals surface area contributed by atoms with E-state index >= 15 is 0 Å². The van der Waals surface area contributed by atoms with E-state index in [1.54, 1.807) is 45.7 Å². The number of rotatable bonds is 12. The molecule has 0 aliphatic heterocycles. The van der Waals surface area contributed by atoms with Gasteiger partial charge in [-0.1, -0.05) is 24.3 Å². The van der Waals surface area contributed by atoms with Crippen molar-refractivity contribution in [3.05, 3.63) is 83.3 Å². The van der Waals surface area contributed by atoms with Crippen LogP contribution in [0.15, 0.2) is 66.6 Å². The van der Waals surface area contributed by atoms with E-state index in [-0.39, 0.29) is 12.2 Å². The second kappa shape index (κ2) is 20.8. The van der Waals surface area contributed by atoms with Crippen molar-refractivity contribution >= 4 is 17.8 Å². The zero-order chi connectivity index (χ0) is 32.0. The zero-order valence-electron chi connectivity index (χ0n) is 25.2. The summed E-state index contributed by atoms with van der Waals surface area (Å²) in [6, 6.07) is 17.0. The van der Waals surface area contributed by atoms with E-state index in [0.717, 1.165) is 28.9 Å². The van der Waals surface area contributed by atoms with Crippen molar-refractivity contribution in [2.75, 3.05) is 39.8 Å². The predicted octanol–water partition coefficient (Wildman–Crippen LogP) is 3.35. The fourth-order valence-corrected chi connectivity index (χ4v) is 3.15. The van der Waals surface area contributed by atoms with Crippen LogP contribution < -0.4 is 26.5 Å². The molecule has 0 bridgehead atoms. The van der Waals surface area contributed by atoms with Crippen molar-refractivity contribution in [3.63, 3.8) is 0 Å². The number of benzene rings is 2. The van der Waals surface area contributed by atoms with Crippen molar-refractivity contribution in [1.29, 1.82) is 5.26 Å².